The average molecular weight is 740 g/mol. The topological polar surface area (TPSA) is 106 Å². The number of hydrogen-bond donors (Lipinski definition) is 2. The number of alkyl halides is 1. The summed E-state index contributed by atoms with van der Waals surface area (Å²) in [6.07, 6.45) is 14.3. The summed E-state index contributed by atoms with van der Waals surface area (Å²) in [5, 5.41) is 21.6. The zero-order chi connectivity index (χ0) is 37.6. The molecule has 0 spiro atoms. The Morgan fingerprint density at radius 2 is 1.46 bits per heavy atom. The van der Waals surface area contributed by atoms with Crippen LogP contribution < -0.4 is 0 Å². The number of amides is 1. The van der Waals surface area contributed by atoms with Gasteiger partial charge in [-0.2, -0.15) is 0 Å². The van der Waals surface area contributed by atoms with Crippen molar-refractivity contribution in [3.63, 3.8) is 0 Å². The highest BCUT2D eigenvalue weighted by Crippen LogP contribution is 2.48. The number of thiocarbonyl (C=S) groups is 1. The normalized spacial score (nSPS) is 19.9. The van der Waals surface area contributed by atoms with E-state index in [1.54, 1.807) is 6.08 Å². The summed E-state index contributed by atoms with van der Waals surface area (Å²) < 4.78 is 32.6. The Kier molecular flexibility index (Phi) is 15.8. The third-order valence-electron chi connectivity index (χ3n) is 10.5. The number of ether oxygens (including phenoxy) is 3. The second-order valence-corrected chi connectivity index (χ2v) is 14.9. The molecule has 2 aromatic carbocycles. The fourth-order valence-corrected chi connectivity index (χ4v) is 8.16. The number of carboxylic acid groups (broad SMARTS) is 1. The smallest absolute Gasteiger partial charge is 0.336 e. The first kappa shape index (κ1) is 41.6. The molecule has 1 unspecified atom stereocenters. The largest absolute Gasteiger partial charge is 0.479 e. The maximum atomic E-state index is 14.7. The molecule has 0 saturated carbocycles. The van der Waals surface area contributed by atoms with Gasteiger partial charge in [-0.05, 0) is 43.8 Å². The van der Waals surface area contributed by atoms with Gasteiger partial charge >= 0.3 is 5.97 Å². The minimum absolute atomic E-state index is 0.128. The molecule has 0 radical (unpaired) electrons. The number of hydrogen-bond acceptors (Lipinski definition) is 7. The number of benzene rings is 2. The maximum Gasteiger partial charge on any atom is 0.336 e. The molecule has 2 saturated heterocycles. The Labute approximate surface area is 314 Å². The zero-order valence-corrected chi connectivity index (χ0v) is 32.0. The van der Waals surface area contributed by atoms with Crippen molar-refractivity contribution < 1.29 is 38.4 Å². The summed E-state index contributed by atoms with van der Waals surface area (Å²) in [5.41, 5.74) is -2.37. The van der Waals surface area contributed by atoms with E-state index in [1.807, 2.05) is 74.5 Å². The Hall–Kier alpha value is -3.18. The van der Waals surface area contributed by atoms with Crippen LogP contribution in [0.5, 0.6) is 0 Å². The molecule has 2 heterocycles. The van der Waals surface area contributed by atoms with Gasteiger partial charge in [0.05, 0.1) is 31.8 Å². The van der Waals surface area contributed by atoms with Gasteiger partial charge in [-0.25, -0.2) is 4.79 Å². The molecule has 2 N–H and O–H groups in total. The molecule has 2 aliphatic rings. The van der Waals surface area contributed by atoms with Crippen molar-refractivity contribution in [2.45, 2.75) is 127 Å². The third kappa shape index (κ3) is 9.67. The van der Waals surface area contributed by atoms with Gasteiger partial charge in [-0.15, -0.1) is 0 Å². The summed E-state index contributed by atoms with van der Waals surface area (Å²) in [6.45, 7) is 6.25. The number of aliphatic carboxylic acids is 1. The lowest BCUT2D eigenvalue weighted by Crippen LogP contribution is -2.57. The first-order valence-corrected chi connectivity index (χ1v) is 19.6. The van der Waals surface area contributed by atoms with Gasteiger partial charge in [0.25, 0.3) is 5.17 Å². The number of unbranched alkanes of at least 4 members (excludes halogenated alkanes) is 8. The molecular formula is C42H58FNO7S. The van der Waals surface area contributed by atoms with Crippen LogP contribution in [-0.2, 0) is 29.4 Å². The second kappa shape index (κ2) is 19.8. The molecule has 10 heteroatoms. The first-order chi connectivity index (χ1) is 25.1. The van der Waals surface area contributed by atoms with Crippen LogP contribution in [-0.4, -0.2) is 69.5 Å². The summed E-state index contributed by atoms with van der Waals surface area (Å²) in [7, 11) is 0. The van der Waals surface area contributed by atoms with Crippen LogP contribution in [0, 0.1) is 11.8 Å². The molecule has 2 aliphatic heterocycles. The van der Waals surface area contributed by atoms with E-state index in [4.69, 9.17) is 26.4 Å². The van der Waals surface area contributed by atoms with Crippen molar-refractivity contribution in [1.82, 2.24) is 4.90 Å². The predicted octanol–water partition coefficient (Wildman–Crippen LogP) is 8.89. The van der Waals surface area contributed by atoms with Crippen molar-refractivity contribution in [3.8, 4) is 0 Å². The van der Waals surface area contributed by atoms with Crippen LogP contribution in [0.25, 0.3) is 0 Å². The van der Waals surface area contributed by atoms with E-state index in [2.05, 4.69) is 6.92 Å². The van der Waals surface area contributed by atoms with Gasteiger partial charge in [-0.3, -0.25) is 14.1 Å². The van der Waals surface area contributed by atoms with E-state index >= 15 is 0 Å². The number of allylic oxidation sites excluding steroid dienone is 1. The lowest BCUT2D eigenvalue weighted by molar-refractivity contribution is -0.169. The summed E-state index contributed by atoms with van der Waals surface area (Å²) in [6, 6.07) is 18.3. The molecule has 2 aromatic rings. The quantitative estimate of drug-likeness (QED) is 0.0701. The van der Waals surface area contributed by atoms with E-state index in [9.17, 15) is 24.2 Å². The minimum Gasteiger partial charge on any atom is -0.479 e. The van der Waals surface area contributed by atoms with E-state index in [0.717, 1.165) is 56.1 Å². The molecule has 1 amide bonds. The van der Waals surface area contributed by atoms with E-state index in [0.29, 0.717) is 19.6 Å². The second-order valence-electron chi connectivity index (χ2n) is 14.5. The van der Waals surface area contributed by atoms with Gasteiger partial charge in [0.1, 0.15) is 0 Å². The van der Waals surface area contributed by atoms with Gasteiger partial charge < -0.3 is 24.4 Å². The summed E-state index contributed by atoms with van der Waals surface area (Å²) in [4.78, 5) is 28.6. The van der Waals surface area contributed by atoms with Crippen molar-refractivity contribution in [2.24, 2.45) is 11.8 Å². The maximum absolute atomic E-state index is 14.7. The minimum atomic E-state index is -2.70. The van der Waals surface area contributed by atoms with Crippen LogP contribution in [0.4, 0.5) is 4.39 Å². The molecule has 0 aromatic heterocycles. The third-order valence-corrected chi connectivity index (χ3v) is 10.8. The molecule has 0 bridgehead atoms. The van der Waals surface area contributed by atoms with Crippen LogP contribution in [0.3, 0.4) is 0 Å². The lowest BCUT2D eigenvalue weighted by atomic mass is 9.75. The molecule has 8 nitrogen and oxygen atoms in total. The highest BCUT2D eigenvalue weighted by molar-refractivity contribution is 7.80. The molecule has 0 aliphatic carbocycles. The molecule has 286 valence electrons. The Balaban J connectivity index is 1.49. The average Bonchev–Trinajstić information content (AvgIpc) is 3.74. The monoisotopic (exact) mass is 739 g/mol. The SMILES string of the molecule is CCCCCCCC1(CCCCCCC=C[C@H](C(=O)N2C(=S)OC(c3ccccc3)(c3ccccc3)C2C(C)C)[C@@](O)(CCF)C(=O)O)OCCO1. The molecular weight excluding hydrogens is 682 g/mol. The van der Waals surface area contributed by atoms with Crippen LogP contribution >= 0.6 is 12.2 Å². The number of carbonyl (C=O) groups excluding carboxylic acids is 1. The van der Waals surface area contributed by atoms with E-state index in [1.165, 1.54) is 36.7 Å². The molecule has 52 heavy (non-hydrogen) atoms. The highest BCUT2D eigenvalue weighted by Gasteiger charge is 2.60. The zero-order valence-electron chi connectivity index (χ0n) is 31.1. The fourth-order valence-electron chi connectivity index (χ4n) is 7.82. The number of nitrogens with zero attached hydrogens (tertiary/aromatic N) is 1. The van der Waals surface area contributed by atoms with Gasteiger partial charge in [0.2, 0.25) is 5.91 Å². The number of carbonyl (C=O) groups is 2. The number of carboxylic acids is 1. The lowest BCUT2D eigenvalue weighted by Gasteiger charge is -2.39. The number of aliphatic hydroxyl groups is 1. The number of rotatable bonds is 22. The van der Waals surface area contributed by atoms with E-state index in [-0.39, 0.29) is 11.1 Å². The molecule has 2 fully saturated rings. The standard InChI is InChI=1S/C42H58FNO7S/c1-4-5-6-10-19-26-40(49-30-31-50-40)27-20-11-8-7-9-18-25-35(41(48,28-29-43)38(46)47)37(45)44-36(32(2)3)42(51-39(44)52,33-21-14-12-15-22-33)34-23-16-13-17-24-34/h12-18,21-25,32,35-36,48H,4-11,19-20,26-31H2,1-3H3,(H,46,47)/t35-,36?,41+/m1/s1. The van der Waals surface area contributed by atoms with Crippen molar-refractivity contribution in [1.29, 1.82) is 0 Å². The summed E-state index contributed by atoms with van der Waals surface area (Å²) in [5.74, 6) is -4.73. The molecule has 4 rings (SSSR count). The Bertz CT molecular complexity index is 1410. The van der Waals surface area contributed by atoms with Crippen molar-refractivity contribution in [2.75, 3.05) is 19.9 Å². The molecule has 3 atom stereocenters. The highest BCUT2D eigenvalue weighted by atomic mass is 32.1. The predicted molar refractivity (Wildman–Crippen MR) is 204 cm³/mol. The van der Waals surface area contributed by atoms with Crippen LogP contribution in [0.2, 0.25) is 0 Å². The summed E-state index contributed by atoms with van der Waals surface area (Å²) >= 11 is 5.75. The fraction of sp³-hybridized carbons (Fsp3) is 0.595. The Morgan fingerprint density at radius 3 is 1.96 bits per heavy atom. The number of halogens is 1. The van der Waals surface area contributed by atoms with Crippen molar-refractivity contribution >= 4 is 29.3 Å². The Morgan fingerprint density at radius 1 is 0.923 bits per heavy atom. The van der Waals surface area contributed by atoms with E-state index < -0.39 is 53.9 Å². The first-order valence-electron chi connectivity index (χ1n) is 19.2. The van der Waals surface area contributed by atoms with Gasteiger partial charge in [0.15, 0.2) is 17.0 Å². The van der Waals surface area contributed by atoms with Gasteiger partial charge in [-0.1, -0.05) is 132 Å². The van der Waals surface area contributed by atoms with Gasteiger partial charge in [0, 0.05) is 30.4 Å². The van der Waals surface area contributed by atoms with Crippen molar-refractivity contribution in [3.05, 3.63) is 83.9 Å². The van der Waals surface area contributed by atoms with Crippen LogP contribution in [0.1, 0.15) is 115 Å². The van der Waals surface area contributed by atoms with Crippen LogP contribution in [0.15, 0.2) is 72.8 Å².